The van der Waals surface area contributed by atoms with Gasteiger partial charge >= 0.3 is 0 Å². The molecular formula is C14H15FN4O2S. The number of hydrogen-bond donors (Lipinski definition) is 2. The van der Waals surface area contributed by atoms with Crippen LogP contribution in [0.5, 0.6) is 0 Å². The fraction of sp³-hybridized carbons (Fsp3) is 0.357. The molecule has 1 saturated heterocycles. The van der Waals surface area contributed by atoms with Crippen LogP contribution in [0.4, 0.5) is 4.39 Å². The monoisotopic (exact) mass is 322 g/mol. The van der Waals surface area contributed by atoms with Crippen LogP contribution in [0.1, 0.15) is 17.3 Å². The average molecular weight is 322 g/mol. The molecule has 2 heterocycles. The van der Waals surface area contributed by atoms with Crippen molar-refractivity contribution in [1.82, 2.24) is 19.8 Å². The molecule has 0 radical (unpaired) electrons. The molecule has 0 unspecified atom stereocenters. The van der Waals surface area contributed by atoms with Crippen LogP contribution < -0.4 is 0 Å². The number of nitrogens with zero attached hydrogens (tertiary/aromatic N) is 2. The summed E-state index contributed by atoms with van der Waals surface area (Å²) >= 11 is 5.00. The first-order chi connectivity index (χ1) is 10.5. The quantitative estimate of drug-likeness (QED) is 0.785. The number of benzene rings is 1. The molecule has 116 valence electrons. The predicted molar refractivity (Wildman–Crippen MR) is 81.6 cm³/mol. The minimum atomic E-state index is -0.497. The van der Waals surface area contributed by atoms with Crippen LogP contribution in [0.15, 0.2) is 12.1 Å². The molecule has 1 aromatic carbocycles. The number of carbonyl (C=O) groups is 2. The summed E-state index contributed by atoms with van der Waals surface area (Å²) in [5.74, 6) is -0.767. The molecule has 0 bridgehead atoms. The summed E-state index contributed by atoms with van der Waals surface area (Å²) < 4.78 is 14.1. The lowest BCUT2D eigenvalue weighted by Crippen LogP contribution is -2.50. The van der Waals surface area contributed by atoms with Gasteiger partial charge in [-0.05, 0) is 24.4 Å². The van der Waals surface area contributed by atoms with Crippen LogP contribution in [-0.2, 0) is 4.79 Å². The second-order valence-corrected chi connectivity index (χ2v) is 5.66. The Labute approximate surface area is 130 Å². The zero-order valence-electron chi connectivity index (χ0n) is 12.0. The molecule has 2 N–H and O–H groups in total. The molecule has 1 aliphatic heterocycles. The van der Waals surface area contributed by atoms with Crippen LogP contribution in [0.25, 0.3) is 11.0 Å². The van der Waals surface area contributed by atoms with Gasteiger partial charge in [0.1, 0.15) is 5.82 Å². The number of halogens is 1. The van der Waals surface area contributed by atoms with Crippen LogP contribution in [-0.4, -0.2) is 57.8 Å². The zero-order valence-corrected chi connectivity index (χ0v) is 12.8. The normalized spacial score (nSPS) is 15.4. The van der Waals surface area contributed by atoms with Crippen LogP contribution in [0, 0.1) is 10.6 Å². The molecule has 0 saturated carbocycles. The Morgan fingerprint density at radius 2 is 1.77 bits per heavy atom. The molecule has 1 fully saturated rings. The van der Waals surface area contributed by atoms with E-state index in [1.165, 1.54) is 19.1 Å². The van der Waals surface area contributed by atoms with Crippen molar-refractivity contribution in [2.45, 2.75) is 6.92 Å². The Kier molecular flexibility index (Phi) is 3.69. The third kappa shape index (κ3) is 2.61. The molecule has 0 aliphatic carbocycles. The van der Waals surface area contributed by atoms with Gasteiger partial charge in [0.25, 0.3) is 5.91 Å². The van der Waals surface area contributed by atoms with Crippen molar-refractivity contribution in [3.63, 3.8) is 0 Å². The first kappa shape index (κ1) is 14.7. The minimum Gasteiger partial charge on any atom is -0.339 e. The van der Waals surface area contributed by atoms with E-state index in [1.807, 2.05) is 0 Å². The summed E-state index contributed by atoms with van der Waals surface area (Å²) in [6, 6.07) is 2.51. The third-order valence-corrected chi connectivity index (χ3v) is 4.04. The smallest absolute Gasteiger partial charge is 0.256 e. The molecule has 8 heteroatoms. The van der Waals surface area contributed by atoms with Crippen LogP contribution in [0.2, 0.25) is 0 Å². The number of aromatic nitrogens is 2. The van der Waals surface area contributed by atoms with E-state index in [9.17, 15) is 14.0 Å². The second kappa shape index (κ2) is 5.53. The number of rotatable bonds is 1. The molecule has 1 aromatic heterocycles. The first-order valence-electron chi connectivity index (χ1n) is 6.92. The first-order valence-corrected chi connectivity index (χ1v) is 7.33. The highest BCUT2D eigenvalue weighted by Crippen LogP contribution is 2.20. The van der Waals surface area contributed by atoms with Gasteiger partial charge in [0, 0.05) is 33.1 Å². The number of carbonyl (C=O) groups excluding carboxylic acids is 2. The van der Waals surface area contributed by atoms with Gasteiger partial charge < -0.3 is 19.8 Å². The lowest BCUT2D eigenvalue weighted by molar-refractivity contribution is -0.130. The van der Waals surface area contributed by atoms with E-state index < -0.39 is 5.82 Å². The van der Waals surface area contributed by atoms with Crippen LogP contribution >= 0.6 is 12.2 Å². The van der Waals surface area contributed by atoms with Gasteiger partial charge in [0.15, 0.2) is 4.77 Å². The summed E-state index contributed by atoms with van der Waals surface area (Å²) in [5, 5.41) is 0. The van der Waals surface area contributed by atoms with Gasteiger partial charge in [0.2, 0.25) is 5.91 Å². The molecule has 1 aliphatic rings. The largest absolute Gasteiger partial charge is 0.339 e. The number of fused-ring (bicyclic) bond motifs is 1. The summed E-state index contributed by atoms with van der Waals surface area (Å²) in [7, 11) is 0. The van der Waals surface area contributed by atoms with Crippen molar-refractivity contribution in [3.8, 4) is 0 Å². The number of nitrogens with one attached hydrogen (secondary N) is 2. The van der Waals surface area contributed by atoms with Crippen molar-refractivity contribution in [1.29, 1.82) is 0 Å². The Morgan fingerprint density at radius 1 is 1.14 bits per heavy atom. The van der Waals surface area contributed by atoms with Crippen molar-refractivity contribution in [3.05, 3.63) is 28.3 Å². The Morgan fingerprint density at radius 3 is 2.41 bits per heavy atom. The van der Waals surface area contributed by atoms with Gasteiger partial charge in [-0.3, -0.25) is 9.59 Å². The van der Waals surface area contributed by atoms with E-state index in [-0.39, 0.29) is 17.4 Å². The minimum absolute atomic E-state index is 0.00467. The topological polar surface area (TPSA) is 72.2 Å². The van der Waals surface area contributed by atoms with E-state index in [0.717, 1.165) is 0 Å². The molecule has 0 spiro atoms. The van der Waals surface area contributed by atoms with E-state index in [0.29, 0.717) is 42.0 Å². The standard InChI is InChI=1S/C14H15FN4O2S/c1-8(20)18-2-4-19(5-3-18)13(21)10-6-9(15)7-11-12(10)17-14(22)16-11/h6-7H,2-5H2,1H3,(H2,16,17,22). The van der Waals surface area contributed by atoms with Crippen molar-refractivity contribution in [2.75, 3.05) is 26.2 Å². The molecule has 2 aromatic rings. The Bertz CT molecular complexity index is 805. The summed E-state index contributed by atoms with van der Waals surface area (Å²) in [4.78, 5) is 33.0. The zero-order chi connectivity index (χ0) is 15.9. The maximum atomic E-state index is 13.7. The number of piperazine rings is 1. The van der Waals surface area contributed by atoms with Gasteiger partial charge in [-0.1, -0.05) is 0 Å². The number of H-pyrrole nitrogens is 2. The fourth-order valence-corrected chi connectivity index (χ4v) is 2.88. The van der Waals surface area contributed by atoms with Gasteiger partial charge in [-0.2, -0.15) is 0 Å². The van der Waals surface area contributed by atoms with Gasteiger partial charge in [-0.25, -0.2) is 4.39 Å². The number of imidazole rings is 1. The second-order valence-electron chi connectivity index (χ2n) is 5.25. The molecule has 6 nitrogen and oxygen atoms in total. The number of amides is 2. The SMILES string of the molecule is CC(=O)N1CCN(C(=O)c2cc(F)cc3[nH]c(=S)[nH]c23)CC1. The molecular weight excluding hydrogens is 307 g/mol. The maximum Gasteiger partial charge on any atom is 0.256 e. The predicted octanol–water partition coefficient (Wildman–Crippen LogP) is 1.67. The summed E-state index contributed by atoms with van der Waals surface area (Å²) in [5.41, 5.74) is 1.22. The highest BCUT2D eigenvalue weighted by Gasteiger charge is 2.25. The third-order valence-electron chi connectivity index (χ3n) is 3.83. The average Bonchev–Trinajstić information content (AvgIpc) is 2.85. The number of hydrogen-bond acceptors (Lipinski definition) is 3. The Hall–Kier alpha value is -2.22. The van der Waals surface area contributed by atoms with Crippen molar-refractivity contribution >= 4 is 35.1 Å². The van der Waals surface area contributed by atoms with Crippen molar-refractivity contribution < 1.29 is 14.0 Å². The maximum absolute atomic E-state index is 13.7. The highest BCUT2D eigenvalue weighted by molar-refractivity contribution is 7.71. The molecule has 0 atom stereocenters. The summed E-state index contributed by atoms with van der Waals surface area (Å²) in [6.07, 6.45) is 0. The number of aromatic amines is 2. The van der Waals surface area contributed by atoms with E-state index in [2.05, 4.69) is 9.97 Å². The van der Waals surface area contributed by atoms with E-state index >= 15 is 0 Å². The lowest BCUT2D eigenvalue weighted by Gasteiger charge is -2.34. The van der Waals surface area contributed by atoms with E-state index in [1.54, 1.807) is 9.80 Å². The molecule has 2 amide bonds. The Balaban J connectivity index is 1.90. The highest BCUT2D eigenvalue weighted by atomic mass is 32.1. The van der Waals surface area contributed by atoms with Crippen molar-refractivity contribution in [2.24, 2.45) is 0 Å². The van der Waals surface area contributed by atoms with Crippen LogP contribution in [0.3, 0.4) is 0 Å². The fourth-order valence-electron chi connectivity index (χ4n) is 2.67. The lowest BCUT2D eigenvalue weighted by atomic mass is 10.1. The van der Waals surface area contributed by atoms with E-state index in [4.69, 9.17) is 12.2 Å². The summed E-state index contributed by atoms with van der Waals surface area (Å²) in [6.45, 7) is 3.35. The molecule has 22 heavy (non-hydrogen) atoms. The molecule has 3 rings (SSSR count). The van der Waals surface area contributed by atoms with Gasteiger partial charge in [0.05, 0.1) is 16.6 Å². The van der Waals surface area contributed by atoms with Gasteiger partial charge in [-0.15, -0.1) is 0 Å².